The quantitative estimate of drug-likeness (QED) is 0.748. The summed E-state index contributed by atoms with van der Waals surface area (Å²) in [5, 5.41) is 8.88. The third kappa shape index (κ3) is 5.12. The van der Waals surface area contributed by atoms with Gasteiger partial charge in [0.1, 0.15) is 0 Å². The Balaban J connectivity index is 1.74. The Morgan fingerprint density at radius 1 is 1.29 bits per heavy atom. The number of nitrogens with zero attached hydrogens (tertiary/aromatic N) is 1. The molecule has 21 heavy (non-hydrogen) atoms. The summed E-state index contributed by atoms with van der Waals surface area (Å²) in [6.07, 6.45) is 3.40. The lowest BCUT2D eigenvalue weighted by atomic mass is 10.1. The summed E-state index contributed by atoms with van der Waals surface area (Å²) in [6.45, 7) is 4.36. The van der Waals surface area contributed by atoms with Crippen LogP contribution in [0.15, 0.2) is 24.3 Å². The Labute approximate surface area is 125 Å². The maximum Gasteiger partial charge on any atom is 0.335 e. The predicted molar refractivity (Wildman–Crippen MR) is 81.3 cm³/mol. The van der Waals surface area contributed by atoms with Gasteiger partial charge >= 0.3 is 5.97 Å². The van der Waals surface area contributed by atoms with Crippen molar-refractivity contribution >= 4 is 5.97 Å². The molecule has 1 aromatic carbocycles. The third-order valence-electron chi connectivity index (χ3n) is 3.84. The molecule has 1 aliphatic heterocycles. The SMILES string of the molecule is NCCCOC1CCN(Cc2ccc(C(=O)O)cc2)CC1. The highest BCUT2D eigenvalue weighted by Gasteiger charge is 2.19. The first-order valence-corrected chi connectivity index (χ1v) is 7.55. The summed E-state index contributed by atoms with van der Waals surface area (Å²) in [6, 6.07) is 7.13. The Morgan fingerprint density at radius 2 is 1.95 bits per heavy atom. The van der Waals surface area contributed by atoms with E-state index in [2.05, 4.69) is 4.90 Å². The van der Waals surface area contributed by atoms with E-state index in [-0.39, 0.29) is 0 Å². The van der Waals surface area contributed by atoms with Gasteiger partial charge in [-0.25, -0.2) is 4.79 Å². The van der Waals surface area contributed by atoms with Crippen molar-refractivity contribution in [2.75, 3.05) is 26.2 Å². The molecule has 0 atom stereocenters. The van der Waals surface area contributed by atoms with E-state index in [0.717, 1.165) is 51.1 Å². The number of carboxylic acids is 1. The van der Waals surface area contributed by atoms with Gasteiger partial charge in [-0.05, 0) is 43.5 Å². The molecule has 0 bridgehead atoms. The predicted octanol–water partition coefficient (Wildman–Crippen LogP) is 1.71. The monoisotopic (exact) mass is 292 g/mol. The molecular weight excluding hydrogens is 268 g/mol. The molecule has 0 spiro atoms. The molecule has 0 saturated carbocycles. The van der Waals surface area contributed by atoms with Gasteiger partial charge in [-0.15, -0.1) is 0 Å². The zero-order chi connectivity index (χ0) is 15.1. The standard InChI is InChI=1S/C16H24N2O3/c17-8-1-11-21-15-6-9-18(10-7-15)12-13-2-4-14(5-3-13)16(19)20/h2-5,15H,1,6-12,17H2,(H,19,20). The molecule has 1 fully saturated rings. The van der Waals surface area contributed by atoms with Crippen LogP contribution in [-0.4, -0.2) is 48.3 Å². The number of hydrogen-bond donors (Lipinski definition) is 2. The van der Waals surface area contributed by atoms with Gasteiger partial charge in [-0.1, -0.05) is 12.1 Å². The number of ether oxygens (including phenoxy) is 1. The highest BCUT2D eigenvalue weighted by atomic mass is 16.5. The summed E-state index contributed by atoms with van der Waals surface area (Å²) < 4.78 is 5.79. The van der Waals surface area contributed by atoms with E-state index in [1.807, 2.05) is 12.1 Å². The fraction of sp³-hybridized carbons (Fsp3) is 0.562. The van der Waals surface area contributed by atoms with Crippen LogP contribution in [0.5, 0.6) is 0 Å². The van der Waals surface area contributed by atoms with Gasteiger partial charge in [0.15, 0.2) is 0 Å². The molecule has 5 nitrogen and oxygen atoms in total. The first-order valence-electron chi connectivity index (χ1n) is 7.55. The molecule has 0 radical (unpaired) electrons. The Bertz CT molecular complexity index is 439. The molecule has 0 aromatic heterocycles. The van der Waals surface area contributed by atoms with Crippen LogP contribution in [0.25, 0.3) is 0 Å². The van der Waals surface area contributed by atoms with Gasteiger partial charge in [0.05, 0.1) is 11.7 Å². The van der Waals surface area contributed by atoms with E-state index < -0.39 is 5.97 Å². The van der Waals surface area contributed by atoms with Crippen LogP contribution in [0.3, 0.4) is 0 Å². The van der Waals surface area contributed by atoms with Crippen molar-refractivity contribution in [1.29, 1.82) is 0 Å². The molecule has 0 amide bonds. The summed E-state index contributed by atoms with van der Waals surface area (Å²) in [4.78, 5) is 13.2. The molecular formula is C16H24N2O3. The van der Waals surface area contributed by atoms with Crippen molar-refractivity contribution in [2.45, 2.75) is 31.9 Å². The lowest BCUT2D eigenvalue weighted by Crippen LogP contribution is -2.36. The van der Waals surface area contributed by atoms with Crippen molar-refractivity contribution in [3.05, 3.63) is 35.4 Å². The fourth-order valence-corrected chi connectivity index (χ4v) is 2.58. The van der Waals surface area contributed by atoms with E-state index in [1.54, 1.807) is 12.1 Å². The van der Waals surface area contributed by atoms with Crippen LogP contribution in [0.4, 0.5) is 0 Å². The van der Waals surface area contributed by atoms with Crippen molar-refractivity contribution < 1.29 is 14.6 Å². The van der Waals surface area contributed by atoms with Crippen molar-refractivity contribution in [1.82, 2.24) is 4.90 Å². The van der Waals surface area contributed by atoms with Crippen LogP contribution >= 0.6 is 0 Å². The second-order valence-electron chi connectivity index (χ2n) is 5.49. The molecule has 0 unspecified atom stereocenters. The molecule has 5 heteroatoms. The second-order valence-corrected chi connectivity index (χ2v) is 5.49. The average molecular weight is 292 g/mol. The lowest BCUT2D eigenvalue weighted by Gasteiger charge is -2.32. The molecule has 1 aliphatic rings. The highest BCUT2D eigenvalue weighted by Crippen LogP contribution is 2.16. The second kappa shape index (κ2) is 8.12. The van der Waals surface area contributed by atoms with Crippen LogP contribution < -0.4 is 5.73 Å². The van der Waals surface area contributed by atoms with Crippen LogP contribution in [0.1, 0.15) is 35.2 Å². The minimum absolute atomic E-state index is 0.339. The number of benzene rings is 1. The first kappa shape index (κ1) is 15.9. The van der Waals surface area contributed by atoms with E-state index in [4.69, 9.17) is 15.6 Å². The van der Waals surface area contributed by atoms with Crippen LogP contribution in [0, 0.1) is 0 Å². The van der Waals surface area contributed by atoms with Gasteiger partial charge in [0, 0.05) is 26.2 Å². The van der Waals surface area contributed by atoms with Crippen molar-refractivity contribution in [3.63, 3.8) is 0 Å². The summed E-state index contributed by atoms with van der Waals surface area (Å²) >= 11 is 0. The average Bonchev–Trinajstić information content (AvgIpc) is 2.50. The molecule has 0 aliphatic carbocycles. The number of likely N-dealkylation sites (tertiary alicyclic amines) is 1. The Hall–Kier alpha value is -1.43. The van der Waals surface area contributed by atoms with E-state index in [1.165, 1.54) is 0 Å². The topological polar surface area (TPSA) is 75.8 Å². The van der Waals surface area contributed by atoms with Gasteiger partial charge in [0.25, 0.3) is 0 Å². The van der Waals surface area contributed by atoms with E-state index >= 15 is 0 Å². The molecule has 1 aromatic rings. The molecule has 1 heterocycles. The molecule has 116 valence electrons. The third-order valence-corrected chi connectivity index (χ3v) is 3.84. The summed E-state index contributed by atoms with van der Waals surface area (Å²) in [5.74, 6) is -0.878. The zero-order valence-corrected chi connectivity index (χ0v) is 12.3. The maximum absolute atomic E-state index is 10.8. The Morgan fingerprint density at radius 3 is 2.52 bits per heavy atom. The van der Waals surface area contributed by atoms with E-state index in [0.29, 0.717) is 18.2 Å². The maximum atomic E-state index is 10.8. The van der Waals surface area contributed by atoms with E-state index in [9.17, 15) is 4.79 Å². The largest absolute Gasteiger partial charge is 0.478 e. The van der Waals surface area contributed by atoms with Crippen molar-refractivity contribution in [3.8, 4) is 0 Å². The minimum Gasteiger partial charge on any atom is -0.478 e. The summed E-state index contributed by atoms with van der Waals surface area (Å²) in [5.41, 5.74) is 6.95. The Kier molecular flexibility index (Phi) is 6.17. The number of hydrogen-bond acceptors (Lipinski definition) is 4. The van der Waals surface area contributed by atoms with Crippen molar-refractivity contribution in [2.24, 2.45) is 5.73 Å². The van der Waals surface area contributed by atoms with Gasteiger partial charge < -0.3 is 15.6 Å². The van der Waals surface area contributed by atoms with Crippen LogP contribution in [0.2, 0.25) is 0 Å². The zero-order valence-electron chi connectivity index (χ0n) is 12.3. The molecule has 3 N–H and O–H groups in total. The minimum atomic E-state index is -0.878. The normalized spacial score (nSPS) is 17.0. The fourth-order valence-electron chi connectivity index (χ4n) is 2.58. The number of piperidine rings is 1. The number of rotatable bonds is 7. The van der Waals surface area contributed by atoms with Gasteiger partial charge in [-0.3, -0.25) is 4.90 Å². The van der Waals surface area contributed by atoms with Crippen LogP contribution in [-0.2, 0) is 11.3 Å². The molecule has 1 saturated heterocycles. The highest BCUT2D eigenvalue weighted by molar-refractivity contribution is 5.87. The number of aromatic carboxylic acids is 1. The smallest absolute Gasteiger partial charge is 0.335 e. The first-order chi connectivity index (χ1) is 10.2. The lowest BCUT2D eigenvalue weighted by molar-refractivity contribution is 0.00563. The number of carboxylic acid groups (broad SMARTS) is 1. The van der Waals surface area contributed by atoms with Gasteiger partial charge in [-0.2, -0.15) is 0 Å². The molecule has 2 rings (SSSR count). The number of carbonyl (C=O) groups is 1. The number of nitrogens with two attached hydrogens (primary N) is 1. The summed E-state index contributed by atoms with van der Waals surface area (Å²) in [7, 11) is 0. The van der Waals surface area contributed by atoms with Gasteiger partial charge in [0.2, 0.25) is 0 Å².